The van der Waals surface area contributed by atoms with E-state index < -0.39 is 0 Å². The summed E-state index contributed by atoms with van der Waals surface area (Å²) in [5, 5.41) is 4.27. The zero-order valence-electron chi connectivity index (χ0n) is 11.7. The zero-order valence-corrected chi connectivity index (χ0v) is 11.7. The van der Waals surface area contributed by atoms with E-state index in [1.807, 2.05) is 37.4 Å². The van der Waals surface area contributed by atoms with Crippen molar-refractivity contribution in [3.63, 3.8) is 0 Å². The number of nitrogens with two attached hydrogens (primary N) is 1. The van der Waals surface area contributed by atoms with Gasteiger partial charge in [0.1, 0.15) is 6.04 Å². The molecule has 106 valence electrons. The Morgan fingerprint density at radius 1 is 1.30 bits per heavy atom. The monoisotopic (exact) mass is 273 g/mol. The van der Waals surface area contributed by atoms with Crippen LogP contribution in [0.1, 0.15) is 26.3 Å². The van der Waals surface area contributed by atoms with Gasteiger partial charge in [-0.05, 0) is 31.0 Å². The summed E-state index contributed by atoms with van der Waals surface area (Å²) in [4.78, 5) is 11.9. The lowest BCUT2D eigenvalue weighted by atomic mass is 10.1. The first kappa shape index (κ1) is 14.1. The van der Waals surface area contributed by atoms with Crippen LogP contribution in [0, 0.1) is 0 Å². The molecule has 1 aromatic carbocycles. The maximum atomic E-state index is 11.9. The SMILES string of the molecule is CCOC(=O)C(CC)n1cc(-c2ccc(N)cc2)cn1. The molecule has 1 aromatic heterocycles. The normalized spacial score (nSPS) is 12.1. The van der Waals surface area contributed by atoms with Crippen molar-refractivity contribution in [2.24, 2.45) is 0 Å². The summed E-state index contributed by atoms with van der Waals surface area (Å²) >= 11 is 0. The van der Waals surface area contributed by atoms with E-state index in [4.69, 9.17) is 10.5 Å². The van der Waals surface area contributed by atoms with Crippen LogP contribution in [0.4, 0.5) is 5.69 Å². The molecule has 0 aliphatic rings. The Morgan fingerprint density at radius 3 is 2.60 bits per heavy atom. The number of aromatic nitrogens is 2. The Morgan fingerprint density at radius 2 is 2.00 bits per heavy atom. The molecule has 2 rings (SSSR count). The van der Waals surface area contributed by atoms with E-state index in [2.05, 4.69) is 5.10 Å². The Hall–Kier alpha value is -2.30. The van der Waals surface area contributed by atoms with Crippen LogP contribution < -0.4 is 5.73 Å². The molecule has 2 N–H and O–H groups in total. The van der Waals surface area contributed by atoms with Crippen molar-refractivity contribution in [1.82, 2.24) is 9.78 Å². The van der Waals surface area contributed by atoms with Gasteiger partial charge in [-0.15, -0.1) is 0 Å². The molecule has 5 nitrogen and oxygen atoms in total. The minimum atomic E-state index is -0.377. The summed E-state index contributed by atoms with van der Waals surface area (Å²) in [7, 11) is 0. The smallest absolute Gasteiger partial charge is 0.330 e. The van der Waals surface area contributed by atoms with Crippen LogP contribution in [-0.4, -0.2) is 22.4 Å². The largest absolute Gasteiger partial charge is 0.464 e. The van der Waals surface area contributed by atoms with Gasteiger partial charge in [0.15, 0.2) is 0 Å². The third-order valence-electron chi connectivity index (χ3n) is 3.11. The third-order valence-corrected chi connectivity index (χ3v) is 3.11. The minimum Gasteiger partial charge on any atom is -0.464 e. The zero-order chi connectivity index (χ0) is 14.5. The van der Waals surface area contributed by atoms with Gasteiger partial charge in [0.05, 0.1) is 12.8 Å². The van der Waals surface area contributed by atoms with Gasteiger partial charge in [0.25, 0.3) is 0 Å². The number of nitrogen functional groups attached to an aromatic ring is 1. The molecule has 0 spiro atoms. The first-order valence-corrected chi connectivity index (χ1v) is 6.72. The van der Waals surface area contributed by atoms with Crippen molar-refractivity contribution >= 4 is 11.7 Å². The lowest BCUT2D eigenvalue weighted by molar-refractivity contribution is -0.147. The minimum absolute atomic E-state index is 0.248. The number of esters is 1. The van der Waals surface area contributed by atoms with Crippen molar-refractivity contribution in [3.05, 3.63) is 36.7 Å². The Kier molecular flexibility index (Phi) is 4.40. The maximum absolute atomic E-state index is 11.9. The number of ether oxygens (including phenoxy) is 1. The maximum Gasteiger partial charge on any atom is 0.330 e. The topological polar surface area (TPSA) is 70.1 Å². The van der Waals surface area contributed by atoms with E-state index in [0.29, 0.717) is 13.0 Å². The number of hydrogen-bond acceptors (Lipinski definition) is 4. The number of carbonyl (C=O) groups is 1. The fourth-order valence-electron chi connectivity index (χ4n) is 2.03. The molecule has 1 heterocycles. The number of carbonyl (C=O) groups excluding carboxylic acids is 1. The summed E-state index contributed by atoms with van der Waals surface area (Å²) < 4.78 is 6.72. The van der Waals surface area contributed by atoms with Crippen molar-refractivity contribution < 1.29 is 9.53 Å². The van der Waals surface area contributed by atoms with Crippen LogP contribution in [0.2, 0.25) is 0 Å². The molecule has 0 aliphatic heterocycles. The van der Waals surface area contributed by atoms with Crippen LogP contribution in [-0.2, 0) is 9.53 Å². The van der Waals surface area contributed by atoms with Crippen LogP contribution in [0.3, 0.4) is 0 Å². The van der Waals surface area contributed by atoms with Gasteiger partial charge in [-0.1, -0.05) is 19.1 Å². The average Bonchev–Trinajstić information content (AvgIpc) is 2.90. The van der Waals surface area contributed by atoms with E-state index in [9.17, 15) is 4.79 Å². The molecule has 0 saturated heterocycles. The van der Waals surface area contributed by atoms with Crippen LogP contribution in [0.25, 0.3) is 11.1 Å². The van der Waals surface area contributed by atoms with E-state index >= 15 is 0 Å². The van der Waals surface area contributed by atoms with Crippen molar-refractivity contribution in [2.75, 3.05) is 12.3 Å². The standard InChI is InChI=1S/C15H19N3O2/c1-3-14(15(19)20-4-2)18-10-12(9-17-18)11-5-7-13(16)8-6-11/h5-10,14H,3-4,16H2,1-2H3. The van der Waals surface area contributed by atoms with E-state index in [0.717, 1.165) is 16.8 Å². The second kappa shape index (κ2) is 6.23. The van der Waals surface area contributed by atoms with Gasteiger partial charge >= 0.3 is 5.97 Å². The first-order chi connectivity index (χ1) is 9.65. The lowest BCUT2D eigenvalue weighted by Gasteiger charge is -2.13. The highest BCUT2D eigenvalue weighted by Crippen LogP contribution is 2.22. The van der Waals surface area contributed by atoms with E-state index in [1.165, 1.54) is 0 Å². The molecular formula is C15H19N3O2. The number of rotatable bonds is 5. The molecule has 0 fully saturated rings. The summed E-state index contributed by atoms with van der Waals surface area (Å²) in [6, 6.07) is 7.17. The second-order valence-corrected chi connectivity index (χ2v) is 4.51. The fourth-order valence-corrected chi connectivity index (χ4v) is 2.03. The highest BCUT2D eigenvalue weighted by Gasteiger charge is 2.20. The number of nitrogens with zero attached hydrogens (tertiary/aromatic N) is 2. The first-order valence-electron chi connectivity index (χ1n) is 6.72. The predicted molar refractivity (Wildman–Crippen MR) is 78.0 cm³/mol. The molecule has 1 unspecified atom stereocenters. The van der Waals surface area contributed by atoms with Gasteiger partial charge in [-0.3, -0.25) is 4.68 Å². The van der Waals surface area contributed by atoms with Crippen LogP contribution in [0.15, 0.2) is 36.7 Å². The third kappa shape index (κ3) is 2.99. The molecule has 0 radical (unpaired) electrons. The molecule has 20 heavy (non-hydrogen) atoms. The molecular weight excluding hydrogens is 254 g/mol. The summed E-state index contributed by atoms with van der Waals surface area (Å²) in [6.45, 7) is 4.11. The Bertz CT molecular complexity index is 575. The number of anilines is 1. The molecule has 0 bridgehead atoms. The van der Waals surface area contributed by atoms with Gasteiger partial charge in [0, 0.05) is 17.4 Å². The van der Waals surface area contributed by atoms with Crippen molar-refractivity contribution in [1.29, 1.82) is 0 Å². The molecule has 5 heteroatoms. The van der Waals surface area contributed by atoms with Crippen molar-refractivity contribution in [3.8, 4) is 11.1 Å². The number of benzene rings is 1. The highest BCUT2D eigenvalue weighted by atomic mass is 16.5. The molecule has 1 atom stereocenters. The fraction of sp³-hybridized carbons (Fsp3) is 0.333. The van der Waals surface area contributed by atoms with Gasteiger partial charge < -0.3 is 10.5 Å². The van der Waals surface area contributed by atoms with E-state index in [1.54, 1.807) is 17.8 Å². The summed E-state index contributed by atoms with van der Waals surface area (Å²) in [5.41, 5.74) is 8.36. The quantitative estimate of drug-likeness (QED) is 0.671. The highest BCUT2D eigenvalue weighted by molar-refractivity contribution is 5.74. The number of hydrogen-bond donors (Lipinski definition) is 1. The molecule has 0 aliphatic carbocycles. The Labute approximate surface area is 118 Å². The molecule has 0 amide bonds. The van der Waals surface area contributed by atoms with Gasteiger partial charge in [0.2, 0.25) is 0 Å². The predicted octanol–water partition coefficient (Wildman–Crippen LogP) is 2.65. The average molecular weight is 273 g/mol. The van der Waals surface area contributed by atoms with Crippen molar-refractivity contribution in [2.45, 2.75) is 26.3 Å². The van der Waals surface area contributed by atoms with Gasteiger partial charge in [-0.25, -0.2) is 4.79 Å². The summed E-state index contributed by atoms with van der Waals surface area (Å²) in [6.07, 6.45) is 4.24. The molecule has 0 saturated carbocycles. The lowest BCUT2D eigenvalue weighted by Crippen LogP contribution is -2.21. The van der Waals surface area contributed by atoms with E-state index in [-0.39, 0.29) is 12.0 Å². The van der Waals surface area contributed by atoms with Gasteiger partial charge in [-0.2, -0.15) is 5.10 Å². The molecule has 2 aromatic rings. The van der Waals surface area contributed by atoms with Crippen LogP contribution >= 0.6 is 0 Å². The summed E-state index contributed by atoms with van der Waals surface area (Å²) in [5.74, 6) is -0.248. The Balaban J connectivity index is 2.23. The second-order valence-electron chi connectivity index (χ2n) is 4.51. The van der Waals surface area contributed by atoms with Crippen LogP contribution in [0.5, 0.6) is 0 Å².